The number of nitrogens with zero attached hydrogens (tertiary/aromatic N) is 2. The first-order valence-corrected chi connectivity index (χ1v) is 12.6. The van der Waals surface area contributed by atoms with Crippen molar-refractivity contribution in [2.45, 2.75) is 50.1 Å². The number of esters is 1. The van der Waals surface area contributed by atoms with Gasteiger partial charge in [0.1, 0.15) is 6.10 Å². The number of anilines is 1. The van der Waals surface area contributed by atoms with Gasteiger partial charge in [0.05, 0.1) is 35.9 Å². The van der Waals surface area contributed by atoms with E-state index in [9.17, 15) is 14.4 Å². The molecule has 0 saturated heterocycles. The van der Waals surface area contributed by atoms with E-state index >= 15 is 0 Å². The third-order valence-corrected chi connectivity index (χ3v) is 8.56. The van der Waals surface area contributed by atoms with Gasteiger partial charge in [0.15, 0.2) is 16.7 Å². The van der Waals surface area contributed by atoms with Crippen LogP contribution in [0.2, 0.25) is 0 Å². The van der Waals surface area contributed by atoms with E-state index in [1.165, 1.54) is 18.4 Å². The highest BCUT2D eigenvalue weighted by Crippen LogP contribution is 2.49. The van der Waals surface area contributed by atoms with Crippen molar-refractivity contribution < 1.29 is 23.9 Å². The van der Waals surface area contributed by atoms with Crippen LogP contribution >= 0.6 is 27.3 Å². The number of rotatable bonds is 3. The highest BCUT2D eigenvalue weighted by atomic mass is 79.9. The number of ketones is 1. The number of halogens is 1. The quantitative estimate of drug-likeness (QED) is 0.431. The SMILES string of the molecule is COC(=O)c1ccc(C2C3=C(OC4CCC(Br)CC4C3=O)C(=O)N2c2nc(C)c(C)s2)cc1. The average molecular weight is 531 g/mol. The van der Waals surface area contributed by atoms with Crippen LogP contribution in [-0.4, -0.2) is 40.7 Å². The van der Waals surface area contributed by atoms with Crippen molar-refractivity contribution in [3.05, 3.63) is 57.3 Å². The van der Waals surface area contributed by atoms with E-state index in [1.807, 2.05) is 13.8 Å². The number of carbonyl (C=O) groups is 3. The second kappa shape index (κ2) is 8.36. The Labute approximate surface area is 203 Å². The number of ether oxygens (including phenoxy) is 2. The molecule has 1 aromatic carbocycles. The van der Waals surface area contributed by atoms with E-state index in [4.69, 9.17) is 9.47 Å². The second-order valence-corrected chi connectivity index (χ2v) is 11.1. The minimum Gasteiger partial charge on any atom is -0.483 e. The summed E-state index contributed by atoms with van der Waals surface area (Å²) in [5, 5.41) is 0.532. The van der Waals surface area contributed by atoms with Gasteiger partial charge in [0.25, 0.3) is 5.91 Å². The van der Waals surface area contributed by atoms with Crippen LogP contribution in [0.5, 0.6) is 0 Å². The summed E-state index contributed by atoms with van der Waals surface area (Å²) in [7, 11) is 1.33. The summed E-state index contributed by atoms with van der Waals surface area (Å²) in [4.78, 5) is 46.7. The molecule has 1 aromatic heterocycles. The van der Waals surface area contributed by atoms with Gasteiger partial charge in [0, 0.05) is 9.70 Å². The molecular formula is C24H23BrN2O5S. The molecule has 2 aromatic rings. The van der Waals surface area contributed by atoms with Gasteiger partial charge < -0.3 is 9.47 Å². The minimum atomic E-state index is -0.659. The lowest BCUT2D eigenvalue weighted by Crippen LogP contribution is -2.41. The van der Waals surface area contributed by atoms with Gasteiger partial charge >= 0.3 is 5.97 Å². The molecule has 5 rings (SSSR count). The maximum atomic E-state index is 13.8. The first-order valence-electron chi connectivity index (χ1n) is 10.8. The summed E-state index contributed by atoms with van der Waals surface area (Å²) >= 11 is 5.07. The molecule has 7 nitrogen and oxygen atoms in total. The van der Waals surface area contributed by atoms with Crippen molar-refractivity contribution in [3.8, 4) is 0 Å². The number of aromatic nitrogens is 1. The van der Waals surface area contributed by atoms with E-state index in [0.29, 0.717) is 28.3 Å². The Morgan fingerprint density at radius 3 is 2.58 bits per heavy atom. The number of thiazole rings is 1. The van der Waals surface area contributed by atoms with Gasteiger partial charge in [-0.25, -0.2) is 9.78 Å². The number of fused-ring (bicyclic) bond motifs is 1. The largest absolute Gasteiger partial charge is 0.483 e. The van der Waals surface area contributed by atoms with Crippen LogP contribution < -0.4 is 4.90 Å². The second-order valence-electron chi connectivity index (χ2n) is 8.61. The third kappa shape index (κ3) is 3.61. The minimum absolute atomic E-state index is 0.0340. The number of Topliss-reactive ketones (excluding diaryl/α,β-unsaturated/α-hetero) is 1. The molecule has 4 atom stereocenters. The standard InChI is InChI=1S/C24H23BrN2O5S/c1-11-12(2)33-24(26-11)27-19(13-4-6-14(7-5-13)23(30)31-3)18-20(28)16-10-15(25)8-9-17(16)32-21(18)22(27)29/h4-7,15-17,19H,8-10H2,1-3H3. The predicted octanol–water partition coefficient (Wildman–Crippen LogP) is 4.42. The van der Waals surface area contributed by atoms with Gasteiger partial charge in [-0.15, -0.1) is 11.3 Å². The molecule has 172 valence electrons. The molecule has 1 saturated carbocycles. The first kappa shape index (κ1) is 22.3. The molecular weight excluding hydrogens is 508 g/mol. The van der Waals surface area contributed by atoms with Crippen molar-refractivity contribution in [2.75, 3.05) is 12.0 Å². The molecule has 33 heavy (non-hydrogen) atoms. The predicted molar refractivity (Wildman–Crippen MR) is 127 cm³/mol. The Hall–Kier alpha value is -2.52. The Morgan fingerprint density at radius 2 is 1.94 bits per heavy atom. The molecule has 9 heteroatoms. The molecule has 1 amide bonds. The zero-order valence-electron chi connectivity index (χ0n) is 18.5. The molecule has 0 spiro atoms. The number of hydrogen-bond acceptors (Lipinski definition) is 7. The number of carbonyl (C=O) groups excluding carboxylic acids is 3. The summed E-state index contributed by atoms with van der Waals surface area (Å²) in [6.45, 7) is 3.85. The number of alkyl halides is 1. The first-order chi connectivity index (χ1) is 15.8. The Balaban J connectivity index is 1.62. The molecule has 0 N–H and O–H groups in total. The van der Waals surface area contributed by atoms with Crippen LogP contribution in [0.3, 0.4) is 0 Å². The van der Waals surface area contributed by atoms with Crippen LogP contribution in [-0.2, 0) is 19.1 Å². The number of aryl methyl sites for hydroxylation is 2. The number of methoxy groups -OCH3 is 1. The van der Waals surface area contributed by atoms with Crippen molar-refractivity contribution in [1.29, 1.82) is 0 Å². The molecule has 3 aliphatic rings. The van der Waals surface area contributed by atoms with Crippen LogP contribution in [0.25, 0.3) is 0 Å². The summed E-state index contributed by atoms with van der Waals surface area (Å²) < 4.78 is 11.0. The Morgan fingerprint density at radius 1 is 1.21 bits per heavy atom. The maximum absolute atomic E-state index is 13.8. The van der Waals surface area contributed by atoms with Gasteiger partial charge in [-0.2, -0.15) is 0 Å². The van der Waals surface area contributed by atoms with E-state index in [0.717, 1.165) is 23.4 Å². The lowest BCUT2D eigenvalue weighted by atomic mass is 9.77. The number of amides is 1. The number of hydrogen-bond donors (Lipinski definition) is 0. The molecule has 0 radical (unpaired) electrons. The molecule has 3 heterocycles. The fourth-order valence-corrected chi connectivity index (χ4v) is 6.41. The van der Waals surface area contributed by atoms with Crippen molar-refractivity contribution in [2.24, 2.45) is 5.92 Å². The molecule has 0 bridgehead atoms. The molecule has 1 aliphatic carbocycles. The highest BCUT2D eigenvalue weighted by Gasteiger charge is 2.53. The van der Waals surface area contributed by atoms with Crippen LogP contribution in [0.1, 0.15) is 51.8 Å². The topological polar surface area (TPSA) is 85.8 Å². The summed E-state index contributed by atoms with van der Waals surface area (Å²) in [5.74, 6) is -0.965. The molecule has 4 unspecified atom stereocenters. The summed E-state index contributed by atoms with van der Waals surface area (Å²) in [6, 6.07) is 6.15. The van der Waals surface area contributed by atoms with Crippen molar-refractivity contribution in [1.82, 2.24) is 4.98 Å². The van der Waals surface area contributed by atoms with Gasteiger partial charge in [-0.3, -0.25) is 14.5 Å². The van der Waals surface area contributed by atoms with Gasteiger partial charge in [-0.05, 0) is 50.8 Å². The molecule has 2 aliphatic heterocycles. The van der Waals surface area contributed by atoms with Crippen LogP contribution in [0.15, 0.2) is 35.6 Å². The smallest absolute Gasteiger partial charge is 0.337 e. The highest BCUT2D eigenvalue weighted by molar-refractivity contribution is 9.09. The van der Waals surface area contributed by atoms with Gasteiger partial charge in [0.2, 0.25) is 0 Å². The fourth-order valence-electron chi connectivity index (χ4n) is 4.81. The molecule has 1 fully saturated rings. The summed E-state index contributed by atoms with van der Waals surface area (Å²) in [5.41, 5.74) is 2.34. The van der Waals surface area contributed by atoms with Gasteiger partial charge in [-0.1, -0.05) is 28.1 Å². The average Bonchev–Trinajstić information content (AvgIpc) is 3.29. The monoisotopic (exact) mass is 530 g/mol. The van der Waals surface area contributed by atoms with Crippen LogP contribution in [0, 0.1) is 19.8 Å². The lowest BCUT2D eigenvalue weighted by molar-refractivity contribution is -0.131. The maximum Gasteiger partial charge on any atom is 0.337 e. The van der Waals surface area contributed by atoms with Crippen molar-refractivity contribution >= 4 is 50.1 Å². The zero-order chi connectivity index (χ0) is 23.4. The van der Waals surface area contributed by atoms with E-state index in [-0.39, 0.29) is 34.3 Å². The summed E-state index contributed by atoms with van der Waals surface area (Å²) in [6.07, 6.45) is 2.02. The van der Waals surface area contributed by atoms with E-state index in [2.05, 4.69) is 20.9 Å². The number of benzene rings is 1. The van der Waals surface area contributed by atoms with E-state index < -0.39 is 12.0 Å². The third-order valence-electron chi connectivity index (χ3n) is 6.65. The van der Waals surface area contributed by atoms with Crippen LogP contribution in [0.4, 0.5) is 5.13 Å². The zero-order valence-corrected chi connectivity index (χ0v) is 20.9. The normalized spacial score (nSPS) is 26.7. The lowest BCUT2D eigenvalue weighted by Gasteiger charge is -2.37. The Kier molecular flexibility index (Phi) is 5.64. The fraction of sp³-hybridized carbons (Fsp3) is 0.417. The van der Waals surface area contributed by atoms with Crippen molar-refractivity contribution in [3.63, 3.8) is 0 Å². The van der Waals surface area contributed by atoms with E-state index in [1.54, 1.807) is 29.2 Å². The Bertz CT molecular complexity index is 1170.